The van der Waals surface area contributed by atoms with Crippen molar-refractivity contribution in [3.8, 4) is 0 Å². The van der Waals surface area contributed by atoms with Crippen LogP contribution < -0.4 is 0 Å². The van der Waals surface area contributed by atoms with Crippen molar-refractivity contribution >= 4 is 10.0 Å². The second kappa shape index (κ2) is 2.79. The van der Waals surface area contributed by atoms with Crippen LogP contribution in [0.1, 0.15) is 0 Å². The largest absolute Gasteiger partial charge is 0.695 e. The summed E-state index contributed by atoms with van der Waals surface area (Å²) in [7, 11) is -3.82. The molecule has 11 heavy (non-hydrogen) atoms. The molecule has 0 unspecified atom stereocenters. The molecule has 0 aromatic heterocycles. The van der Waals surface area contributed by atoms with Gasteiger partial charge in [0.1, 0.15) is 0 Å². The number of hydrogen-bond acceptors (Lipinski definition) is 2. The Labute approximate surface area is 64.4 Å². The van der Waals surface area contributed by atoms with Gasteiger partial charge in [-0.3, -0.25) is 0 Å². The zero-order valence-electron chi connectivity index (χ0n) is 5.51. The standard InChI is InChI=1S/C6H5N2O2S/c7-8-11(9,10)6-4-2-1-3-5-6/h1-5H/q-1. The summed E-state index contributed by atoms with van der Waals surface area (Å²) in [5.74, 6) is 0. The summed E-state index contributed by atoms with van der Waals surface area (Å²) in [6, 6.07) is 7.50. The molecule has 0 bridgehead atoms. The maximum Gasteiger partial charge on any atom is 0.263 e. The highest BCUT2D eigenvalue weighted by atomic mass is 32.2. The topological polar surface area (TPSA) is 68.8 Å². The molecule has 1 aromatic carbocycles. The molecule has 0 aliphatic carbocycles. The Bertz CT molecular complexity index is 344. The van der Waals surface area contributed by atoms with Gasteiger partial charge in [-0.15, -0.1) is 0 Å². The second-order valence-corrected chi connectivity index (χ2v) is 3.45. The summed E-state index contributed by atoms with van der Waals surface area (Å²) in [4.78, 5) is -0.0116. The van der Waals surface area contributed by atoms with E-state index in [1.807, 2.05) is 0 Å². The Balaban J connectivity index is 3.24. The minimum atomic E-state index is -3.82. The Morgan fingerprint density at radius 2 is 1.73 bits per heavy atom. The Morgan fingerprint density at radius 3 is 2.18 bits per heavy atom. The molecule has 1 aromatic rings. The van der Waals surface area contributed by atoms with E-state index in [2.05, 4.69) is 4.52 Å². The van der Waals surface area contributed by atoms with E-state index in [9.17, 15) is 8.42 Å². The van der Waals surface area contributed by atoms with Crippen LogP contribution in [0.3, 0.4) is 0 Å². The van der Waals surface area contributed by atoms with Crippen molar-refractivity contribution < 1.29 is 8.42 Å². The van der Waals surface area contributed by atoms with Crippen molar-refractivity contribution in [2.45, 2.75) is 4.90 Å². The number of rotatable bonds is 2. The van der Waals surface area contributed by atoms with Gasteiger partial charge in [0.15, 0.2) is 0 Å². The molecule has 0 amide bonds. The number of nitrogens with zero attached hydrogens (tertiary/aromatic N) is 2. The van der Waals surface area contributed by atoms with Gasteiger partial charge in [-0.2, -0.15) is 0 Å². The van der Waals surface area contributed by atoms with Crippen LogP contribution in [0.4, 0.5) is 0 Å². The highest BCUT2D eigenvalue weighted by molar-refractivity contribution is 7.90. The zero-order valence-corrected chi connectivity index (χ0v) is 6.32. The molecule has 0 aliphatic heterocycles. The smallest absolute Gasteiger partial charge is 0.263 e. The van der Waals surface area contributed by atoms with Gasteiger partial charge >= 0.3 is 0 Å². The van der Waals surface area contributed by atoms with Crippen LogP contribution in [0.15, 0.2) is 39.7 Å². The van der Waals surface area contributed by atoms with Crippen molar-refractivity contribution in [1.29, 1.82) is 0 Å². The van der Waals surface area contributed by atoms with E-state index in [0.29, 0.717) is 0 Å². The predicted octanol–water partition coefficient (Wildman–Crippen LogP) is 1.40. The molecule has 1 rings (SSSR count). The molecule has 0 saturated heterocycles. The molecule has 0 heterocycles. The molecule has 4 nitrogen and oxygen atoms in total. The fourth-order valence-corrected chi connectivity index (χ4v) is 1.23. The maximum atomic E-state index is 10.8. The van der Waals surface area contributed by atoms with Gasteiger partial charge in [0.2, 0.25) is 0 Å². The first-order valence-electron chi connectivity index (χ1n) is 2.83. The van der Waals surface area contributed by atoms with Crippen LogP contribution in [-0.4, -0.2) is 8.42 Å². The Morgan fingerprint density at radius 1 is 1.18 bits per heavy atom. The van der Waals surface area contributed by atoms with E-state index < -0.39 is 10.0 Å². The van der Waals surface area contributed by atoms with Gasteiger partial charge in [0, 0.05) is 0 Å². The van der Waals surface area contributed by atoms with Crippen molar-refractivity contribution in [2.75, 3.05) is 0 Å². The molecule has 5 heteroatoms. The molecule has 58 valence electrons. The van der Waals surface area contributed by atoms with E-state index in [1.54, 1.807) is 18.2 Å². The van der Waals surface area contributed by atoms with E-state index in [0.717, 1.165) is 0 Å². The molecule has 0 saturated carbocycles. The fraction of sp³-hybridized carbons (Fsp3) is 0. The van der Waals surface area contributed by atoms with Crippen LogP contribution in [-0.2, 0) is 10.0 Å². The predicted molar refractivity (Wildman–Crippen MR) is 39.4 cm³/mol. The van der Waals surface area contributed by atoms with Crippen LogP contribution >= 0.6 is 0 Å². The first-order chi connectivity index (χ1) is 5.17. The van der Waals surface area contributed by atoms with Crippen molar-refractivity contribution in [1.82, 2.24) is 0 Å². The minimum Gasteiger partial charge on any atom is -0.695 e. The molecular weight excluding hydrogens is 164 g/mol. The summed E-state index contributed by atoms with van der Waals surface area (Å²) in [6.07, 6.45) is 0. The monoisotopic (exact) mass is 169 g/mol. The lowest BCUT2D eigenvalue weighted by Crippen LogP contribution is -1.93. The lowest BCUT2D eigenvalue weighted by atomic mass is 10.4. The molecule has 0 spiro atoms. The summed E-state index contributed by atoms with van der Waals surface area (Å²) in [5.41, 5.74) is 8.08. The average Bonchev–Trinajstić information content (AvgIpc) is 2.06. The fourth-order valence-electron chi connectivity index (χ4n) is 0.640. The maximum absolute atomic E-state index is 10.8. The molecule has 0 fully saturated rings. The summed E-state index contributed by atoms with van der Waals surface area (Å²) in [5, 5.41) is 0. The highest BCUT2D eigenvalue weighted by Crippen LogP contribution is 2.09. The molecular formula is C6H5N2O2S-. The normalized spacial score (nSPS) is 10.9. The highest BCUT2D eigenvalue weighted by Gasteiger charge is 2.05. The SMILES string of the molecule is [N-]=NS(=O)(=O)c1ccccc1. The third kappa shape index (κ3) is 1.62. The third-order valence-electron chi connectivity index (χ3n) is 1.15. The first-order valence-corrected chi connectivity index (χ1v) is 4.27. The minimum absolute atomic E-state index is 0.0116. The van der Waals surface area contributed by atoms with Crippen LogP contribution in [0.5, 0.6) is 0 Å². The van der Waals surface area contributed by atoms with Crippen LogP contribution in [0.2, 0.25) is 0 Å². The number of sulfonamides is 1. The zero-order chi connectivity index (χ0) is 8.32. The summed E-state index contributed by atoms with van der Waals surface area (Å²) in [6.45, 7) is 0. The quantitative estimate of drug-likeness (QED) is 0.628. The third-order valence-corrected chi connectivity index (χ3v) is 2.23. The Kier molecular flexibility index (Phi) is 2.00. The average molecular weight is 169 g/mol. The Hall–Kier alpha value is -1.23. The van der Waals surface area contributed by atoms with E-state index in [4.69, 9.17) is 5.53 Å². The lowest BCUT2D eigenvalue weighted by molar-refractivity contribution is 0.597. The van der Waals surface area contributed by atoms with Gasteiger partial charge in [-0.1, -0.05) is 18.2 Å². The lowest BCUT2D eigenvalue weighted by Gasteiger charge is -1.98. The molecule has 0 N–H and O–H groups in total. The van der Waals surface area contributed by atoms with Gasteiger partial charge in [0.05, 0.1) is 4.90 Å². The van der Waals surface area contributed by atoms with E-state index in [-0.39, 0.29) is 4.90 Å². The van der Waals surface area contributed by atoms with Gasteiger partial charge in [-0.25, -0.2) is 8.42 Å². The molecule has 0 atom stereocenters. The summed E-state index contributed by atoms with van der Waals surface area (Å²) < 4.78 is 23.8. The van der Waals surface area contributed by atoms with Gasteiger partial charge in [0.25, 0.3) is 10.0 Å². The van der Waals surface area contributed by atoms with Gasteiger partial charge < -0.3 is 10.1 Å². The van der Waals surface area contributed by atoms with Crippen LogP contribution in [0.25, 0.3) is 5.53 Å². The summed E-state index contributed by atoms with van der Waals surface area (Å²) >= 11 is 0. The molecule has 0 aliphatic rings. The number of benzene rings is 1. The van der Waals surface area contributed by atoms with Crippen molar-refractivity contribution in [3.05, 3.63) is 35.9 Å². The van der Waals surface area contributed by atoms with Crippen molar-refractivity contribution in [3.63, 3.8) is 0 Å². The van der Waals surface area contributed by atoms with E-state index in [1.165, 1.54) is 12.1 Å². The molecule has 0 radical (unpaired) electrons. The van der Waals surface area contributed by atoms with Gasteiger partial charge in [-0.05, 0) is 12.1 Å². The second-order valence-electron chi connectivity index (χ2n) is 1.87. The van der Waals surface area contributed by atoms with Crippen molar-refractivity contribution in [2.24, 2.45) is 4.52 Å². The van der Waals surface area contributed by atoms with Crippen LogP contribution in [0, 0.1) is 0 Å². The van der Waals surface area contributed by atoms with E-state index >= 15 is 0 Å². The first kappa shape index (κ1) is 7.87. The number of hydrogen-bond donors (Lipinski definition) is 0.